The maximum atomic E-state index is 12.5. The number of nitrogens with one attached hydrogen (secondary N) is 1. The molecule has 0 bridgehead atoms. The zero-order chi connectivity index (χ0) is 18.4. The molecule has 0 aliphatic carbocycles. The average molecular weight is 365 g/mol. The third kappa shape index (κ3) is 5.37. The lowest BCUT2D eigenvalue weighted by atomic mass is 10.2. The molecule has 0 spiro atoms. The van der Waals surface area contributed by atoms with Crippen molar-refractivity contribution in [3.8, 4) is 0 Å². The van der Waals surface area contributed by atoms with E-state index in [1.54, 1.807) is 0 Å². The fraction of sp³-hybridized carbons (Fsp3) is 0.611. The Morgan fingerprint density at radius 1 is 1.40 bits per heavy atom. The molecule has 25 heavy (non-hydrogen) atoms. The Balaban J connectivity index is 1.80. The van der Waals surface area contributed by atoms with Crippen LogP contribution in [-0.4, -0.2) is 35.2 Å². The van der Waals surface area contributed by atoms with Gasteiger partial charge in [0.25, 0.3) is 5.56 Å². The molecule has 0 aliphatic heterocycles. The second-order valence-corrected chi connectivity index (χ2v) is 7.83. The molecule has 0 unspecified atom stereocenters. The predicted molar refractivity (Wildman–Crippen MR) is 101 cm³/mol. The van der Waals surface area contributed by atoms with E-state index in [0.717, 1.165) is 28.3 Å². The van der Waals surface area contributed by atoms with E-state index in [0.29, 0.717) is 31.0 Å². The van der Waals surface area contributed by atoms with Crippen molar-refractivity contribution in [2.24, 2.45) is 5.92 Å². The molecule has 0 radical (unpaired) electrons. The van der Waals surface area contributed by atoms with Crippen LogP contribution < -0.4 is 10.9 Å². The average Bonchev–Trinajstić information content (AvgIpc) is 2.85. The van der Waals surface area contributed by atoms with Crippen molar-refractivity contribution in [1.29, 1.82) is 0 Å². The number of hydrogen-bond acceptors (Lipinski definition) is 5. The third-order valence-electron chi connectivity index (χ3n) is 3.97. The molecule has 0 saturated heterocycles. The quantitative estimate of drug-likeness (QED) is 0.693. The maximum Gasteiger partial charge on any atom is 0.262 e. The monoisotopic (exact) mass is 365 g/mol. The van der Waals surface area contributed by atoms with Crippen LogP contribution in [0.5, 0.6) is 0 Å². The molecule has 6 nitrogen and oxygen atoms in total. The van der Waals surface area contributed by atoms with Crippen molar-refractivity contribution in [2.45, 2.75) is 47.1 Å². The van der Waals surface area contributed by atoms with Gasteiger partial charge in [0.1, 0.15) is 4.83 Å². The van der Waals surface area contributed by atoms with Crippen molar-refractivity contribution in [1.82, 2.24) is 14.9 Å². The summed E-state index contributed by atoms with van der Waals surface area (Å²) in [5, 5.41) is 3.53. The molecular formula is C18H27N3O3S. The summed E-state index contributed by atoms with van der Waals surface area (Å²) in [4.78, 5) is 30.7. The normalized spacial score (nSPS) is 11.4. The van der Waals surface area contributed by atoms with Crippen LogP contribution in [0.2, 0.25) is 0 Å². The molecule has 0 saturated carbocycles. The highest BCUT2D eigenvalue weighted by Crippen LogP contribution is 2.25. The van der Waals surface area contributed by atoms with E-state index in [2.05, 4.69) is 24.1 Å². The van der Waals surface area contributed by atoms with Crippen LogP contribution in [0.1, 0.15) is 37.1 Å². The first kappa shape index (κ1) is 19.6. The molecule has 2 rings (SSSR count). The largest absolute Gasteiger partial charge is 0.381 e. The zero-order valence-corrected chi connectivity index (χ0v) is 16.2. The van der Waals surface area contributed by atoms with Gasteiger partial charge in [0.05, 0.1) is 11.7 Å². The van der Waals surface area contributed by atoms with Crippen molar-refractivity contribution in [3.63, 3.8) is 0 Å². The number of thiophene rings is 1. The number of carbonyl (C=O) groups is 1. The minimum Gasteiger partial charge on any atom is -0.381 e. The molecule has 2 heterocycles. The molecule has 0 fully saturated rings. The summed E-state index contributed by atoms with van der Waals surface area (Å²) in [6.45, 7) is 10.5. The minimum absolute atomic E-state index is 0.0610. The Morgan fingerprint density at radius 2 is 2.16 bits per heavy atom. The van der Waals surface area contributed by atoms with Crippen LogP contribution in [0.4, 0.5) is 0 Å². The van der Waals surface area contributed by atoms with Crippen LogP contribution in [0.15, 0.2) is 11.1 Å². The number of fused-ring (bicyclic) bond motifs is 1. The Bertz CT molecular complexity index is 780. The topological polar surface area (TPSA) is 73.2 Å². The van der Waals surface area contributed by atoms with Crippen LogP contribution in [0.25, 0.3) is 10.2 Å². The lowest BCUT2D eigenvalue weighted by molar-refractivity contribution is -0.121. The summed E-state index contributed by atoms with van der Waals surface area (Å²) in [6.07, 6.45) is 2.59. The van der Waals surface area contributed by atoms with Gasteiger partial charge in [0, 0.05) is 37.6 Å². The van der Waals surface area contributed by atoms with Gasteiger partial charge < -0.3 is 10.1 Å². The highest BCUT2D eigenvalue weighted by molar-refractivity contribution is 7.18. The second kappa shape index (κ2) is 9.10. The highest BCUT2D eigenvalue weighted by atomic mass is 32.1. The van der Waals surface area contributed by atoms with Gasteiger partial charge in [-0.3, -0.25) is 14.2 Å². The van der Waals surface area contributed by atoms with Crippen molar-refractivity contribution in [2.75, 3.05) is 19.8 Å². The van der Waals surface area contributed by atoms with E-state index in [4.69, 9.17) is 4.74 Å². The summed E-state index contributed by atoms with van der Waals surface area (Å²) in [7, 11) is 0. The van der Waals surface area contributed by atoms with E-state index >= 15 is 0 Å². The summed E-state index contributed by atoms with van der Waals surface area (Å²) in [5.41, 5.74) is 0.916. The molecule has 2 aromatic heterocycles. The van der Waals surface area contributed by atoms with Crippen molar-refractivity contribution < 1.29 is 9.53 Å². The van der Waals surface area contributed by atoms with Gasteiger partial charge >= 0.3 is 0 Å². The predicted octanol–water partition coefficient (Wildman–Crippen LogP) is 2.64. The SMILES string of the molecule is Cc1sc2ncn(CCC(=O)NCCCOCC(C)C)c(=O)c2c1C. The number of amides is 1. The lowest BCUT2D eigenvalue weighted by Gasteiger charge is -2.08. The van der Waals surface area contributed by atoms with Gasteiger partial charge in [-0.05, 0) is 31.7 Å². The van der Waals surface area contributed by atoms with E-state index in [-0.39, 0.29) is 17.9 Å². The van der Waals surface area contributed by atoms with Gasteiger partial charge in [-0.1, -0.05) is 13.8 Å². The van der Waals surface area contributed by atoms with Crippen LogP contribution in [-0.2, 0) is 16.1 Å². The van der Waals surface area contributed by atoms with Crippen molar-refractivity contribution >= 4 is 27.5 Å². The molecule has 2 aromatic rings. The summed E-state index contributed by atoms with van der Waals surface area (Å²) >= 11 is 1.53. The second-order valence-electron chi connectivity index (χ2n) is 6.63. The van der Waals surface area contributed by atoms with Gasteiger partial charge in [-0.25, -0.2) is 4.98 Å². The molecule has 1 N–H and O–H groups in total. The smallest absolute Gasteiger partial charge is 0.262 e. The molecule has 0 aliphatic rings. The van der Waals surface area contributed by atoms with Gasteiger partial charge in [0.2, 0.25) is 5.91 Å². The van der Waals surface area contributed by atoms with Gasteiger partial charge in [-0.2, -0.15) is 0 Å². The fourth-order valence-corrected chi connectivity index (χ4v) is 3.45. The molecule has 138 valence electrons. The van der Waals surface area contributed by atoms with Gasteiger partial charge in [0.15, 0.2) is 0 Å². The Kier molecular flexibility index (Phi) is 7.13. The number of carbonyl (C=O) groups excluding carboxylic acids is 1. The molecular weight excluding hydrogens is 338 g/mol. The van der Waals surface area contributed by atoms with Crippen molar-refractivity contribution in [3.05, 3.63) is 27.1 Å². The molecule has 7 heteroatoms. The van der Waals surface area contributed by atoms with Gasteiger partial charge in [-0.15, -0.1) is 11.3 Å². The van der Waals surface area contributed by atoms with Crippen LogP contribution in [0, 0.1) is 19.8 Å². The molecule has 1 amide bonds. The summed E-state index contributed by atoms with van der Waals surface area (Å²) < 4.78 is 6.99. The highest BCUT2D eigenvalue weighted by Gasteiger charge is 2.12. The summed E-state index contributed by atoms with van der Waals surface area (Å²) in [5.74, 6) is 0.462. The number of aryl methyl sites for hydroxylation is 3. The number of aromatic nitrogens is 2. The number of ether oxygens (including phenoxy) is 1. The van der Waals surface area contributed by atoms with E-state index in [9.17, 15) is 9.59 Å². The summed E-state index contributed by atoms with van der Waals surface area (Å²) in [6, 6.07) is 0. The first-order valence-electron chi connectivity index (χ1n) is 8.69. The number of nitrogens with zero attached hydrogens (tertiary/aromatic N) is 2. The van der Waals surface area contributed by atoms with Crippen LogP contribution in [0.3, 0.4) is 0 Å². The standard InChI is InChI=1S/C18H27N3O3S/c1-12(2)10-24-9-5-7-19-15(22)6-8-21-11-20-17-16(18(21)23)13(3)14(4)25-17/h11-12H,5-10H2,1-4H3,(H,19,22). The first-order chi connectivity index (χ1) is 11.9. The minimum atomic E-state index is -0.0678. The molecule has 0 aromatic carbocycles. The fourth-order valence-electron chi connectivity index (χ4n) is 2.46. The van der Waals surface area contributed by atoms with E-state index < -0.39 is 0 Å². The van der Waals surface area contributed by atoms with E-state index in [1.165, 1.54) is 22.2 Å². The maximum absolute atomic E-state index is 12.5. The third-order valence-corrected chi connectivity index (χ3v) is 5.09. The Hall–Kier alpha value is -1.73. The van der Waals surface area contributed by atoms with E-state index in [1.807, 2.05) is 13.8 Å². The lowest BCUT2D eigenvalue weighted by Crippen LogP contribution is -2.28. The number of rotatable bonds is 9. The first-order valence-corrected chi connectivity index (χ1v) is 9.51. The zero-order valence-electron chi connectivity index (χ0n) is 15.4. The Labute approximate surface area is 152 Å². The Morgan fingerprint density at radius 3 is 2.88 bits per heavy atom. The molecule has 0 atom stereocenters. The number of hydrogen-bond donors (Lipinski definition) is 1. The van der Waals surface area contributed by atoms with Crippen LogP contribution >= 0.6 is 11.3 Å².